The number of amides is 3. The fourth-order valence-electron chi connectivity index (χ4n) is 3.15. The van der Waals surface area contributed by atoms with Gasteiger partial charge >= 0.3 is 0 Å². The van der Waals surface area contributed by atoms with E-state index in [-0.39, 0.29) is 25.4 Å². The van der Waals surface area contributed by atoms with Crippen molar-refractivity contribution in [3.63, 3.8) is 0 Å². The standard InChI is InChI=1S/C26H27N3O4/c1-18-8-13-23(19(2)16-18)27-24(30)14-15-25(31)28-29-26(32)17-33-22-11-9-21(10-12-22)20-6-4-3-5-7-20/h3-13,16H,14-15,17H2,1-2H3,(H,27,30)(H,28,31)(H,29,32). The average Bonchev–Trinajstić information content (AvgIpc) is 2.83. The largest absolute Gasteiger partial charge is 0.484 e. The number of ether oxygens (including phenoxy) is 1. The summed E-state index contributed by atoms with van der Waals surface area (Å²) in [5.74, 6) is -0.702. The molecule has 33 heavy (non-hydrogen) atoms. The first-order valence-corrected chi connectivity index (χ1v) is 10.6. The van der Waals surface area contributed by atoms with Gasteiger partial charge in [0.05, 0.1) is 0 Å². The van der Waals surface area contributed by atoms with Crippen LogP contribution in [0.3, 0.4) is 0 Å². The van der Waals surface area contributed by atoms with Crippen LogP contribution in [0.1, 0.15) is 24.0 Å². The Morgan fingerprint density at radius 2 is 1.36 bits per heavy atom. The van der Waals surface area contributed by atoms with Crippen LogP contribution in [-0.4, -0.2) is 24.3 Å². The van der Waals surface area contributed by atoms with Gasteiger partial charge in [-0.2, -0.15) is 0 Å². The van der Waals surface area contributed by atoms with E-state index < -0.39 is 11.8 Å². The lowest BCUT2D eigenvalue weighted by molar-refractivity contribution is -0.130. The highest BCUT2D eigenvalue weighted by Gasteiger charge is 2.10. The summed E-state index contributed by atoms with van der Waals surface area (Å²) in [6.07, 6.45) is -0.0574. The molecule has 0 bridgehead atoms. The van der Waals surface area contributed by atoms with Gasteiger partial charge in [-0.25, -0.2) is 0 Å². The SMILES string of the molecule is Cc1ccc(NC(=O)CCC(=O)NNC(=O)COc2ccc(-c3ccccc3)cc2)c(C)c1. The van der Waals surface area contributed by atoms with E-state index in [0.29, 0.717) is 11.4 Å². The summed E-state index contributed by atoms with van der Waals surface area (Å²) in [6.45, 7) is 3.63. The van der Waals surface area contributed by atoms with E-state index in [1.54, 1.807) is 12.1 Å². The number of hydrazine groups is 1. The Bertz CT molecular complexity index is 1110. The average molecular weight is 446 g/mol. The van der Waals surface area contributed by atoms with Crippen LogP contribution in [0.4, 0.5) is 5.69 Å². The summed E-state index contributed by atoms with van der Waals surface area (Å²) < 4.78 is 5.45. The lowest BCUT2D eigenvalue weighted by Gasteiger charge is -2.10. The monoisotopic (exact) mass is 445 g/mol. The molecule has 3 N–H and O–H groups in total. The summed E-state index contributed by atoms with van der Waals surface area (Å²) in [7, 11) is 0. The zero-order chi connectivity index (χ0) is 23.6. The molecule has 0 saturated heterocycles. The van der Waals surface area contributed by atoms with Gasteiger partial charge in [0.15, 0.2) is 6.61 Å². The maximum atomic E-state index is 12.1. The fourth-order valence-corrected chi connectivity index (χ4v) is 3.15. The number of aryl methyl sites for hydroxylation is 2. The topological polar surface area (TPSA) is 96.5 Å². The molecule has 3 amide bonds. The highest BCUT2D eigenvalue weighted by atomic mass is 16.5. The minimum absolute atomic E-state index is 0.000711. The van der Waals surface area contributed by atoms with Crippen LogP contribution in [0.15, 0.2) is 72.8 Å². The van der Waals surface area contributed by atoms with Crippen molar-refractivity contribution in [3.05, 3.63) is 83.9 Å². The van der Waals surface area contributed by atoms with Crippen molar-refractivity contribution in [1.29, 1.82) is 0 Å². The number of nitrogens with one attached hydrogen (secondary N) is 3. The Morgan fingerprint density at radius 1 is 0.727 bits per heavy atom. The quantitative estimate of drug-likeness (QED) is 0.458. The molecule has 0 aliphatic heterocycles. The first-order chi connectivity index (χ1) is 15.9. The van der Waals surface area contributed by atoms with Gasteiger partial charge in [-0.1, -0.05) is 60.2 Å². The molecule has 0 unspecified atom stereocenters. The number of benzene rings is 3. The van der Waals surface area contributed by atoms with E-state index in [9.17, 15) is 14.4 Å². The molecule has 3 aromatic carbocycles. The van der Waals surface area contributed by atoms with Crippen molar-refractivity contribution in [1.82, 2.24) is 10.9 Å². The predicted octanol–water partition coefficient (Wildman–Crippen LogP) is 3.92. The molecule has 0 fully saturated rings. The normalized spacial score (nSPS) is 10.2. The van der Waals surface area contributed by atoms with E-state index in [2.05, 4.69) is 16.2 Å². The van der Waals surface area contributed by atoms with E-state index >= 15 is 0 Å². The van der Waals surface area contributed by atoms with Crippen molar-refractivity contribution in [2.45, 2.75) is 26.7 Å². The number of carbonyl (C=O) groups is 3. The molecule has 0 aliphatic rings. The number of anilines is 1. The van der Waals surface area contributed by atoms with Crippen LogP contribution in [0.2, 0.25) is 0 Å². The van der Waals surface area contributed by atoms with Crippen LogP contribution < -0.4 is 20.9 Å². The Kier molecular flexibility index (Phi) is 8.18. The summed E-state index contributed by atoms with van der Waals surface area (Å²) >= 11 is 0. The van der Waals surface area contributed by atoms with E-state index in [1.807, 2.05) is 74.5 Å². The fraction of sp³-hybridized carbons (Fsp3) is 0.192. The molecule has 0 heterocycles. The smallest absolute Gasteiger partial charge is 0.276 e. The first-order valence-electron chi connectivity index (χ1n) is 10.6. The second-order valence-electron chi connectivity index (χ2n) is 7.64. The summed E-state index contributed by atoms with van der Waals surface area (Å²) in [4.78, 5) is 35.9. The molecule has 3 aromatic rings. The maximum Gasteiger partial charge on any atom is 0.276 e. The van der Waals surface area contributed by atoms with Crippen LogP contribution in [0.5, 0.6) is 5.75 Å². The molecule has 0 aromatic heterocycles. The number of carbonyl (C=O) groups excluding carboxylic acids is 3. The Hall–Kier alpha value is -4.13. The molecule has 7 heteroatoms. The lowest BCUT2D eigenvalue weighted by Crippen LogP contribution is -2.44. The Labute approximate surface area is 193 Å². The van der Waals surface area contributed by atoms with E-state index in [4.69, 9.17) is 4.74 Å². The Morgan fingerprint density at radius 3 is 2.06 bits per heavy atom. The molecule has 3 rings (SSSR count). The second-order valence-corrected chi connectivity index (χ2v) is 7.64. The molecule has 0 atom stereocenters. The summed E-state index contributed by atoms with van der Waals surface area (Å²) in [5, 5.41) is 2.78. The predicted molar refractivity (Wildman–Crippen MR) is 127 cm³/mol. The summed E-state index contributed by atoms with van der Waals surface area (Å²) in [6, 6.07) is 23.0. The third-order valence-electron chi connectivity index (χ3n) is 4.91. The van der Waals surface area contributed by atoms with Crippen molar-refractivity contribution in [2.75, 3.05) is 11.9 Å². The molecule has 0 radical (unpaired) electrons. The molecular formula is C26H27N3O4. The minimum Gasteiger partial charge on any atom is -0.484 e. The van der Waals surface area contributed by atoms with Crippen LogP contribution in [-0.2, 0) is 14.4 Å². The zero-order valence-corrected chi connectivity index (χ0v) is 18.7. The van der Waals surface area contributed by atoms with Crippen LogP contribution in [0.25, 0.3) is 11.1 Å². The number of hydrogen-bond acceptors (Lipinski definition) is 4. The van der Waals surface area contributed by atoms with Crippen LogP contribution in [0, 0.1) is 13.8 Å². The highest BCUT2D eigenvalue weighted by Crippen LogP contribution is 2.22. The van der Waals surface area contributed by atoms with E-state index in [0.717, 1.165) is 22.3 Å². The number of rotatable bonds is 8. The van der Waals surface area contributed by atoms with Crippen molar-refractivity contribution < 1.29 is 19.1 Å². The lowest BCUT2D eigenvalue weighted by atomic mass is 10.1. The molecular weight excluding hydrogens is 418 g/mol. The molecule has 0 saturated carbocycles. The number of hydrogen-bond donors (Lipinski definition) is 3. The third-order valence-corrected chi connectivity index (χ3v) is 4.91. The second kappa shape index (κ2) is 11.5. The molecule has 0 aliphatic carbocycles. The van der Waals surface area contributed by atoms with Crippen molar-refractivity contribution >= 4 is 23.4 Å². The van der Waals surface area contributed by atoms with Gasteiger partial charge in [0, 0.05) is 18.5 Å². The van der Waals surface area contributed by atoms with E-state index in [1.165, 1.54) is 0 Å². The highest BCUT2D eigenvalue weighted by molar-refractivity contribution is 5.94. The molecule has 7 nitrogen and oxygen atoms in total. The van der Waals surface area contributed by atoms with Gasteiger partial charge in [0.2, 0.25) is 11.8 Å². The van der Waals surface area contributed by atoms with Crippen LogP contribution >= 0.6 is 0 Å². The zero-order valence-electron chi connectivity index (χ0n) is 18.7. The summed E-state index contributed by atoms with van der Waals surface area (Å²) in [5.41, 5.74) is 9.48. The van der Waals surface area contributed by atoms with Gasteiger partial charge < -0.3 is 10.1 Å². The maximum absolute atomic E-state index is 12.1. The third kappa shape index (κ3) is 7.50. The van der Waals surface area contributed by atoms with Crippen molar-refractivity contribution in [2.24, 2.45) is 0 Å². The van der Waals surface area contributed by atoms with Gasteiger partial charge in [-0.15, -0.1) is 0 Å². The molecule has 170 valence electrons. The molecule has 0 spiro atoms. The van der Waals surface area contributed by atoms with Gasteiger partial charge in [0.25, 0.3) is 5.91 Å². The van der Waals surface area contributed by atoms with Gasteiger partial charge in [0.1, 0.15) is 5.75 Å². The first kappa shape index (κ1) is 23.5. The van der Waals surface area contributed by atoms with Gasteiger partial charge in [-0.05, 0) is 48.7 Å². The minimum atomic E-state index is -0.504. The van der Waals surface area contributed by atoms with Crippen molar-refractivity contribution in [3.8, 4) is 16.9 Å². The Balaban J connectivity index is 1.34. The van der Waals surface area contributed by atoms with Gasteiger partial charge in [-0.3, -0.25) is 25.2 Å².